The van der Waals surface area contributed by atoms with Crippen LogP contribution < -0.4 is 9.92 Å². The average Bonchev–Trinajstić information content (AvgIpc) is 3.17. The van der Waals surface area contributed by atoms with Crippen LogP contribution in [0.1, 0.15) is 23.1 Å². The minimum atomic E-state index is -3.69. The molecule has 0 spiro atoms. The van der Waals surface area contributed by atoms with Crippen molar-refractivity contribution < 1.29 is 17.0 Å². The van der Waals surface area contributed by atoms with Crippen molar-refractivity contribution in [3.8, 4) is 22.9 Å². The largest absolute Gasteiger partial charge is 0.383 e. The Bertz CT molecular complexity index is 1560. The van der Waals surface area contributed by atoms with Crippen molar-refractivity contribution in [3.63, 3.8) is 0 Å². The first kappa shape index (κ1) is 23.5. The van der Waals surface area contributed by atoms with E-state index in [0.717, 1.165) is 12.7 Å². The first-order valence-electron chi connectivity index (χ1n) is 11.2. The van der Waals surface area contributed by atoms with Gasteiger partial charge in [-0.05, 0) is 59.5 Å². The van der Waals surface area contributed by atoms with Crippen molar-refractivity contribution in [1.29, 1.82) is 5.26 Å². The zero-order valence-corrected chi connectivity index (χ0v) is 20.2. The molecule has 10 heteroatoms. The number of nitriles is 1. The van der Waals surface area contributed by atoms with Crippen molar-refractivity contribution in [2.24, 2.45) is 15.7 Å². The Morgan fingerprint density at radius 1 is 1.11 bits per heavy atom. The Morgan fingerprint density at radius 2 is 1.89 bits per heavy atom. The van der Waals surface area contributed by atoms with E-state index in [-0.39, 0.29) is 5.75 Å². The summed E-state index contributed by atoms with van der Waals surface area (Å²) in [5, 5.41) is 9.30. The summed E-state index contributed by atoms with van der Waals surface area (Å²) in [7, 11) is -3.69. The number of halogens is 1. The van der Waals surface area contributed by atoms with Crippen LogP contribution in [0.4, 0.5) is 4.39 Å². The number of aliphatic imine (C=N–C) groups is 2. The second kappa shape index (κ2) is 8.77. The number of benzene rings is 3. The van der Waals surface area contributed by atoms with Gasteiger partial charge >= 0.3 is 10.1 Å². The van der Waals surface area contributed by atoms with Gasteiger partial charge in [-0.25, -0.2) is 9.38 Å². The van der Waals surface area contributed by atoms with Gasteiger partial charge in [0, 0.05) is 18.7 Å². The normalized spacial score (nSPS) is 19.2. The zero-order valence-electron chi connectivity index (χ0n) is 19.3. The molecule has 0 aromatic heterocycles. The summed E-state index contributed by atoms with van der Waals surface area (Å²) in [4.78, 5) is 11.5. The van der Waals surface area contributed by atoms with Gasteiger partial charge in [-0.3, -0.25) is 9.89 Å². The molecular formula is C26H22FN5O3S. The number of amidine groups is 1. The smallest absolute Gasteiger partial charge is 0.306 e. The average molecular weight is 504 g/mol. The molecular weight excluding hydrogens is 481 g/mol. The third-order valence-electron chi connectivity index (χ3n) is 6.15. The maximum Gasteiger partial charge on any atom is 0.306 e. The van der Waals surface area contributed by atoms with E-state index in [0.29, 0.717) is 52.7 Å². The molecule has 3 aromatic rings. The molecule has 0 amide bonds. The molecule has 0 aliphatic carbocycles. The third kappa shape index (κ3) is 4.07. The number of nitrogens with zero attached hydrogens (tertiary/aromatic N) is 4. The summed E-state index contributed by atoms with van der Waals surface area (Å²) in [5.41, 5.74) is 7.83. The molecule has 0 fully saturated rings. The zero-order chi connectivity index (χ0) is 25.5. The van der Waals surface area contributed by atoms with Crippen LogP contribution in [-0.4, -0.2) is 44.5 Å². The Balaban J connectivity index is 1.70. The van der Waals surface area contributed by atoms with Gasteiger partial charge in [-0.2, -0.15) is 13.7 Å². The summed E-state index contributed by atoms with van der Waals surface area (Å²) in [6.45, 7) is 1.26. The molecule has 1 atom stereocenters. The van der Waals surface area contributed by atoms with E-state index in [1.807, 2.05) is 23.1 Å². The number of fused-ring (bicyclic) bond motifs is 1. The maximum absolute atomic E-state index is 14.8. The van der Waals surface area contributed by atoms with E-state index >= 15 is 0 Å². The second-order valence-electron chi connectivity index (χ2n) is 8.59. The van der Waals surface area contributed by atoms with Crippen LogP contribution in [0.2, 0.25) is 0 Å². The second-order valence-corrected chi connectivity index (χ2v) is 10.2. The molecule has 0 radical (unpaired) electrons. The topological polar surface area (TPSA) is 121 Å². The van der Waals surface area contributed by atoms with Crippen LogP contribution in [0.3, 0.4) is 0 Å². The maximum atomic E-state index is 14.8. The quantitative estimate of drug-likeness (QED) is 0.533. The van der Waals surface area contributed by atoms with Gasteiger partial charge in [0.1, 0.15) is 17.4 Å². The van der Waals surface area contributed by atoms with Crippen LogP contribution >= 0.6 is 0 Å². The van der Waals surface area contributed by atoms with E-state index < -0.39 is 21.5 Å². The molecule has 3 aromatic carbocycles. The first-order chi connectivity index (χ1) is 17.2. The van der Waals surface area contributed by atoms with Crippen LogP contribution in [0, 0.1) is 17.1 Å². The fourth-order valence-electron chi connectivity index (χ4n) is 4.63. The Morgan fingerprint density at radius 3 is 2.61 bits per heavy atom. The molecule has 36 heavy (non-hydrogen) atoms. The van der Waals surface area contributed by atoms with E-state index in [4.69, 9.17) is 19.9 Å². The Hall–Kier alpha value is -4.23. The number of nitrogens with two attached hydrogens (primary N) is 1. The van der Waals surface area contributed by atoms with Gasteiger partial charge < -0.3 is 9.92 Å². The van der Waals surface area contributed by atoms with Crippen molar-refractivity contribution >= 4 is 21.9 Å². The van der Waals surface area contributed by atoms with E-state index in [1.165, 1.54) is 18.2 Å². The molecule has 2 aliphatic heterocycles. The Labute approximate surface area is 208 Å². The van der Waals surface area contributed by atoms with E-state index in [2.05, 4.69) is 0 Å². The van der Waals surface area contributed by atoms with E-state index in [1.54, 1.807) is 36.4 Å². The predicted octanol–water partition coefficient (Wildman–Crippen LogP) is 3.38. The molecule has 0 saturated carbocycles. The van der Waals surface area contributed by atoms with Gasteiger partial charge in [-0.1, -0.05) is 30.3 Å². The van der Waals surface area contributed by atoms with Gasteiger partial charge in [-0.15, -0.1) is 0 Å². The van der Waals surface area contributed by atoms with Crippen molar-refractivity contribution in [2.75, 3.05) is 19.3 Å². The van der Waals surface area contributed by atoms with Gasteiger partial charge in [0.05, 0.1) is 17.9 Å². The lowest BCUT2D eigenvalue weighted by Crippen LogP contribution is -2.46. The lowest BCUT2D eigenvalue weighted by atomic mass is 9.81. The molecule has 2 aliphatic rings. The minimum Gasteiger partial charge on any atom is -0.383 e. The fourth-order valence-corrected chi connectivity index (χ4v) is 5.09. The summed E-state index contributed by atoms with van der Waals surface area (Å²) >= 11 is 0. The molecule has 8 nitrogen and oxygen atoms in total. The highest BCUT2D eigenvalue weighted by atomic mass is 32.2. The fraction of sp³-hybridized carbons (Fsp3) is 0.192. The van der Waals surface area contributed by atoms with Crippen LogP contribution in [-0.2, 0) is 15.7 Å². The van der Waals surface area contributed by atoms with Gasteiger partial charge in [0.25, 0.3) is 0 Å². The van der Waals surface area contributed by atoms with Crippen molar-refractivity contribution in [2.45, 2.75) is 12.0 Å². The molecule has 0 saturated heterocycles. The first-order valence-corrected chi connectivity index (χ1v) is 13.0. The SMILES string of the molecule is CS(=O)(=O)Oc1ccc(C2(c3cccc(-c4cc(C#N)ccc4F)c3)N=C(N)N3CCCN=C32)cc1. The molecule has 5 rings (SSSR count). The third-order valence-corrected chi connectivity index (χ3v) is 6.64. The van der Waals surface area contributed by atoms with Crippen LogP contribution in [0.25, 0.3) is 11.1 Å². The summed E-state index contributed by atoms with van der Waals surface area (Å²) < 4.78 is 42.9. The molecule has 182 valence electrons. The highest BCUT2D eigenvalue weighted by Gasteiger charge is 2.49. The Kier molecular flexibility index (Phi) is 5.73. The molecule has 2 heterocycles. The molecule has 2 N–H and O–H groups in total. The lowest BCUT2D eigenvalue weighted by Gasteiger charge is -2.33. The number of rotatable bonds is 5. The summed E-state index contributed by atoms with van der Waals surface area (Å²) in [6.07, 6.45) is 1.80. The molecule has 1 unspecified atom stereocenters. The van der Waals surface area contributed by atoms with Crippen molar-refractivity contribution in [3.05, 3.63) is 89.2 Å². The summed E-state index contributed by atoms with van der Waals surface area (Å²) in [5.74, 6) is 0.672. The van der Waals surface area contributed by atoms with Gasteiger partial charge in [0.15, 0.2) is 11.5 Å². The number of hydrogen-bond acceptors (Lipinski definition) is 8. The number of guanidine groups is 1. The lowest BCUT2D eigenvalue weighted by molar-refractivity contribution is 0.492. The minimum absolute atomic E-state index is 0.165. The van der Waals surface area contributed by atoms with Crippen LogP contribution in [0.15, 0.2) is 76.7 Å². The number of hydrogen-bond donors (Lipinski definition) is 1. The highest BCUT2D eigenvalue weighted by molar-refractivity contribution is 7.86. The highest BCUT2D eigenvalue weighted by Crippen LogP contribution is 2.43. The van der Waals surface area contributed by atoms with E-state index in [9.17, 15) is 18.1 Å². The van der Waals surface area contributed by atoms with Gasteiger partial charge in [0.2, 0.25) is 0 Å². The monoisotopic (exact) mass is 503 g/mol. The molecule has 0 bridgehead atoms. The summed E-state index contributed by atoms with van der Waals surface area (Å²) in [6, 6.07) is 20.1. The van der Waals surface area contributed by atoms with Crippen LogP contribution in [0.5, 0.6) is 5.75 Å². The van der Waals surface area contributed by atoms with Crippen molar-refractivity contribution in [1.82, 2.24) is 4.90 Å². The predicted molar refractivity (Wildman–Crippen MR) is 134 cm³/mol. The standard InChI is InChI=1S/C26H22FN5O3S/c1-36(33,34)35-21-9-7-19(8-10-21)26(24-30-12-3-13-32(24)25(29)31-26)20-5-2-4-18(15-20)22-14-17(16-28)6-11-23(22)27/h2,4-11,14-15H,3,12-13H2,1H3,(H2,29,31).